The van der Waals surface area contributed by atoms with Crippen molar-refractivity contribution in [1.29, 1.82) is 0 Å². The van der Waals surface area contributed by atoms with Gasteiger partial charge < -0.3 is 4.98 Å². The number of rotatable bonds is 1. The minimum atomic E-state index is 0.290. The smallest absolute Gasteiger partial charge is 0.179 e. The van der Waals surface area contributed by atoms with Gasteiger partial charge in [0.05, 0.1) is 5.52 Å². The van der Waals surface area contributed by atoms with Gasteiger partial charge in [-0.15, -0.1) is 0 Å². The zero-order valence-corrected chi connectivity index (χ0v) is 12.7. The van der Waals surface area contributed by atoms with Crippen molar-refractivity contribution in [2.75, 3.05) is 0 Å². The third-order valence-corrected chi connectivity index (χ3v) is 4.75. The molecule has 1 unspecified atom stereocenters. The van der Waals surface area contributed by atoms with E-state index in [2.05, 4.69) is 41.4 Å². The summed E-state index contributed by atoms with van der Waals surface area (Å²) in [6, 6.07) is 2.59. The van der Waals surface area contributed by atoms with Crippen LogP contribution in [0.15, 0.2) is 12.3 Å². The molecule has 19 heavy (non-hydrogen) atoms. The lowest BCUT2D eigenvalue weighted by Crippen LogP contribution is -2.30. The van der Waals surface area contributed by atoms with Crippen molar-refractivity contribution in [3.63, 3.8) is 0 Å². The summed E-state index contributed by atoms with van der Waals surface area (Å²) in [6.45, 7) is 6.77. The molecule has 2 heterocycles. The van der Waals surface area contributed by atoms with Crippen LogP contribution in [0.1, 0.15) is 51.1 Å². The van der Waals surface area contributed by atoms with Gasteiger partial charge in [0, 0.05) is 12.2 Å². The lowest BCUT2D eigenvalue weighted by molar-refractivity contribution is 0.146. The van der Waals surface area contributed by atoms with E-state index in [-0.39, 0.29) is 5.41 Å². The van der Waals surface area contributed by atoms with E-state index in [1.807, 2.05) is 6.20 Å². The summed E-state index contributed by atoms with van der Waals surface area (Å²) in [4.78, 5) is 7.93. The van der Waals surface area contributed by atoms with Gasteiger partial charge in [0.15, 0.2) is 10.4 Å². The van der Waals surface area contributed by atoms with Crippen LogP contribution >= 0.6 is 12.2 Å². The Morgan fingerprint density at radius 3 is 2.95 bits per heavy atom. The first kappa shape index (κ1) is 12.9. The average molecular weight is 275 g/mol. The van der Waals surface area contributed by atoms with Crippen LogP contribution in [-0.2, 0) is 0 Å². The molecule has 1 aliphatic carbocycles. The number of nitrogens with one attached hydrogen (secondary N) is 1. The van der Waals surface area contributed by atoms with Crippen molar-refractivity contribution in [3.8, 4) is 0 Å². The Labute approximate surface area is 119 Å². The Balaban J connectivity index is 2.19. The van der Waals surface area contributed by atoms with Crippen molar-refractivity contribution in [3.05, 3.63) is 22.6 Å². The highest BCUT2D eigenvalue weighted by Gasteiger charge is 2.34. The van der Waals surface area contributed by atoms with Crippen LogP contribution < -0.4 is 0 Å². The third kappa shape index (κ3) is 2.12. The van der Waals surface area contributed by atoms with Gasteiger partial charge in [0.1, 0.15) is 0 Å². The quantitative estimate of drug-likeness (QED) is 0.775. The van der Waals surface area contributed by atoms with Gasteiger partial charge in [-0.05, 0) is 49.0 Å². The lowest BCUT2D eigenvalue weighted by Gasteiger charge is -2.39. The fourth-order valence-electron chi connectivity index (χ4n) is 3.36. The van der Waals surface area contributed by atoms with Crippen molar-refractivity contribution in [2.45, 2.75) is 52.5 Å². The van der Waals surface area contributed by atoms with E-state index in [1.165, 1.54) is 31.2 Å². The second-order valence-corrected chi connectivity index (χ2v) is 6.82. The number of pyridine rings is 1. The summed E-state index contributed by atoms with van der Waals surface area (Å²) in [5, 5.41) is 0. The second kappa shape index (κ2) is 4.44. The SMILES string of the molecule is Cc1cnc2c(c1)[nH]c(=S)n2C1CCCCC1(C)C. The summed E-state index contributed by atoms with van der Waals surface area (Å²) in [5.41, 5.74) is 3.53. The minimum Gasteiger partial charge on any atom is -0.329 e. The van der Waals surface area contributed by atoms with E-state index in [9.17, 15) is 0 Å². The molecule has 0 amide bonds. The number of hydrogen-bond acceptors (Lipinski definition) is 2. The maximum absolute atomic E-state index is 5.55. The number of aromatic amines is 1. The van der Waals surface area contributed by atoms with E-state index in [0.29, 0.717) is 6.04 Å². The van der Waals surface area contributed by atoms with Crippen LogP contribution in [0.25, 0.3) is 11.2 Å². The summed E-state index contributed by atoms with van der Waals surface area (Å²) in [6.07, 6.45) is 7.00. The Morgan fingerprint density at radius 1 is 1.42 bits per heavy atom. The van der Waals surface area contributed by atoms with E-state index >= 15 is 0 Å². The molecule has 102 valence electrons. The highest BCUT2D eigenvalue weighted by Crippen LogP contribution is 2.44. The molecule has 3 nitrogen and oxygen atoms in total. The Hall–Kier alpha value is -1.16. The Kier molecular flexibility index (Phi) is 3.01. The van der Waals surface area contributed by atoms with Gasteiger partial charge in [-0.3, -0.25) is 4.57 Å². The normalized spacial score (nSPS) is 22.8. The molecular weight excluding hydrogens is 254 g/mol. The molecule has 0 radical (unpaired) electrons. The van der Waals surface area contributed by atoms with E-state index in [0.717, 1.165) is 15.9 Å². The molecule has 1 atom stereocenters. The molecule has 0 spiro atoms. The maximum Gasteiger partial charge on any atom is 0.179 e. The molecule has 1 N–H and O–H groups in total. The van der Waals surface area contributed by atoms with Crippen LogP contribution in [0.4, 0.5) is 0 Å². The first-order chi connectivity index (χ1) is 8.99. The molecule has 3 rings (SSSR count). The fourth-order valence-corrected chi connectivity index (χ4v) is 3.68. The van der Waals surface area contributed by atoms with Crippen LogP contribution in [0.3, 0.4) is 0 Å². The van der Waals surface area contributed by atoms with E-state index < -0.39 is 0 Å². The zero-order valence-electron chi connectivity index (χ0n) is 11.9. The van der Waals surface area contributed by atoms with Crippen LogP contribution in [-0.4, -0.2) is 14.5 Å². The Bertz CT molecular complexity index is 666. The first-order valence-electron chi connectivity index (χ1n) is 7.06. The summed E-state index contributed by atoms with van der Waals surface area (Å²) < 4.78 is 3.07. The molecule has 1 fully saturated rings. The molecule has 0 saturated heterocycles. The minimum absolute atomic E-state index is 0.290. The monoisotopic (exact) mass is 275 g/mol. The van der Waals surface area contributed by atoms with Crippen molar-refractivity contribution in [1.82, 2.24) is 14.5 Å². The highest BCUT2D eigenvalue weighted by molar-refractivity contribution is 7.71. The number of H-pyrrole nitrogens is 1. The maximum atomic E-state index is 5.55. The number of hydrogen-bond donors (Lipinski definition) is 1. The zero-order chi connectivity index (χ0) is 13.6. The molecule has 2 aromatic rings. The van der Waals surface area contributed by atoms with Crippen molar-refractivity contribution < 1.29 is 0 Å². The molecule has 4 heteroatoms. The summed E-state index contributed by atoms with van der Waals surface area (Å²) in [7, 11) is 0. The van der Waals surface area contributed by atoms with Crippen LogP contribution in [0.2, 0.25) is 0 Å². The predicted molar refractivity (Wildman–Crippen MR) is 80.9 cm³/mol. The lowest BCUT2D eigenvalue weighted by atomic mass is 9.73. The molecule has 0 bridgehead atoms. The molecule has 0 aliphatic heterocycles. The number of nitrogens with zero attached hydrogens (tertiary/aromatic N) is 2. The number of fused-ring (bicyclic) bond motifs is 1. The number of imidazole rings is 1. The van der Waals surface area contributed by atoms with Gasteiger partial charge in [-0.1, -0.05) is 26.7 Å². The van der Waals surface area contributed by atoms with Gasteiger partial charge in [-0.2, -0.15) is 0 Å². The standard InChI is InChI=1S/C15H21N3S/c1-10-8-11-13(16-9-10)18(14(19)17-11)12-6-4-5-7-15(12,2)3/h8-9,12H,4-7H2,1-3H3,(H,17,19). The fraction of sp³-hybridized carbons (Fsp3) is 0.600. The Morgan fingerprint density at radius 2 is 2.21 bits per heavy atom. The average Bonchev–Trinajstić information content (AvgIpc) is 2.64. The third-order valence-electron chi connectivity index (χ3n) is 4.45. The van der Waals surface area contributed by atoms with Crippen LogP contribution in [0.5, 0.6) is 0 Å². The van der Waals surface area contributed by atoms with E-state index in [4.69, 9.17) is 12.2 Å². The van der Waals surface area contributed by atoms with Gasteiger partial charge in [0.2, 0.25) is 0 Å². The van der Waals surface area contributed by atoms with Crippen molar-refractivity contribution in [2.24, 2.45) is 5.41 Å². The van der Waals surface area contributed by atoms with Crippen molar-refractivity contribution >= 4 is 23.4 Å². The second-order valence-electron chi connectivity index (χ2n) is 6.43. The largest absolute Gasteiger partial charge is 0.329 e. The van der Waals surface area contributed by atoms with Gasteiger partial charge in [-0.25, -0.2) is 4.98 Å². The van der Waals surface area contributed by atoms with Gasteiger partial charge >= 0.3 is 0 Å². The first-order valence-corrected chi connectivity index (χ1v) is 7.47. The van der Waals surface area contributed by atoms with Gasteiger partial charge in [0.25, 0.3) is 0 Å². The summed E-state index contributed by atoms with van der Waals surface area (Å²) >= 11 is 5.55. The number of aryl methyl sites for hydroxylation is 1. The predicted octanol–water partition coefficient (Wildman–Crippen LogP) is 4.54. The molecule has 1 saturated carbocycles. The van der Waals surface area contributed by atoms with E-state index in [1.54, 1.807) is 0 Å². The molecule has 2 aromatic heterocycles. The summed E-state index contributed by atoms with van der Waals surface area (Å²) in [5.74, 6) is 0. The molecule has 1 aliphatic rings. The number of aromatic nitrogens is 3. The van der Waals surface area contributed by atoms with Crippen LogP contribution in [0, 0.1) is 17.1 Å². The highest BCUT2D eigenvalue weighted by atomic mass is 32.1. The topological polar surface area (TPSA) is 33.6 Å². The molecular formula is C15H21N3S. The molecule has 0 aromatic carbocycles.